The van der Waals surface area contributed by atoms with Crippen LogP contribution in [0.25, 0.3) is 0 Å². The first kappa shape index (κ1) is 14.3. The number of hydrogen-bond donors (Lipinski definition) is 1. The largest absolute Gasteiger partial charge is 0.487 e. The van der Waals surface area contributed by atoms with Crippen LogP contribution in [-0.4, -0.2) is 11.0 Å². The first-order valence-corrected chi connectivity index (χ1v) is 7.33. The molecule has 110 valence electrons. The molecule has 0 amide bonds. The van der Waals surface area contributed by atoms with E-state index in [1.165, 1.54) is 25.0 Å². The zero-order chi connectivity index (χ0) is 14.7. The molecule has 1 aliphatic rings. The number of aromatic nitrogens is 1. The van der Waals surface area contributed by atoms with Gasteiger partial charge in [0.15, 0.2) is 0 Å². The minimum Gasteiger partial charge on any atom is -0.487 e. The Hall–Kier alpha value is -1.65. The third-order valence-electron chi connectivity index (χ3n) is 3.36. The van der Waals surface area contributed by atoms with E-state index in [9.17, 15) is 4.39 Å². The molecule has 1 fully saturated rings. The summed E-state index contributed by atoms with van der Waals surface area (Å²) in [5, 5.41) is 3.78. The fourth-order valence-electron chi connectivity index (χ4n) is 1.94. The van der Waals surface area contributed by atoms with Crippen molar-refractivity contribution in [3.63, 3.8) is 0 Å². The number of ether oxygens (including phenoxy) is 1. The predicted octanol–water partition coefficient (Wildman–Crippen LogP) is 3.71. The normalized spacial score (nSPS) is 14.2. The predicted molar refractivity (Wildman–Crippen MR) is 79.8 cm³/mol. The summed E-state index contributed by atoms with van der Waals surface area (Å²) in [4.78, 5) is 4.35. The Balaban J connectivity index is 1.54. The summed E-state index contributed by atoms with van der Waals surface area (Å²) in [6.07, 6.45) is 4.22. The summed E-state index contributed by atoms with van der Waals surface area (Å²) in [6.45, 7) is 1.08. The summed E-state index contributed by atoms with van der Waals surface area (Å²) in [6, 6.07) is 8.77. The van der Waals surface area contributed by atoms with Crippen molar-refractivity contribution in [1.29, 1.82) is 0 Å². The van der Waals surface area contributed by atoms with Gasteiger partial charge in [-0.1, -0.05) is 17.7 Å². The molecule has 1 aromatic carbocycles. The Morgan fingerprint density at radius 1 is 1.29 bits per heavy atom. The highest BCUT2D eigenvalue weighted by Crippen LogP contribution is 2.21. The van der Waals surface area contributed by atoms with Crippen molar-refractivity contribution in [2.24, 2.45) is 0 Å². The molecule has 1 aromatic heterocycles. The Kier molecular flexibility index (Phi) is 4.36. The minimum atomic E-state index is -0.349. The number of rotatable bonds is 6. The maximum absolute atomic E-state index is 12.9. The molecule has 0 atom stereocenters. The Labute approximate surface area is 128 Å². The van der Waals surface area contributed by atoms with Crippen LogP contribution >= 0.6 is 11.6 Å². The second-order valence-electron chi connectivity index (χ2n) is 5.16. The summed E-state index contributed by atoms with van der Waals surface area (Å²) < 4.78 is 18.6. The molecule has 0 spiro atoms. The quantitative estimate of drug-likeness (QED) is 0.883. The summed E-state index contributed by atoms with van der Waals surface area (Å²) in [7, 11) is 0. The van der Waals surface area contributed by atoms with Crippen LogP contribution in [0.4, 0.5) is 4.39 Å². The second-order valence-corrected chi connectivity index (χ2v) is 5.57. The lowest BCUT2D eigenvalue weighted by molar-refractivity contribution is 0.304. The van der Waals surface area contributed by atoms with Crippen molar-refractivity contribution in [2.45, 2.75) is 32.0 Å². The third-order valence-corrected chi connectivity index (χ3v) is 3.71. The standard InChI is InChI=1S/C16H16ClFN2O/c17-16-7-12(18)2-1-11(16)10-21-15-6-5-14(20-9-15)8-19-13-3-4-13/h1-2,5-7,9,13,19H,3-4,8,10H2. The van der Waals surface area contributed by atoms with Crippen LogP contribution in [0.1, 0.15) is 24.1 Å². The lowest BCUT2D eigenvalue weighted by Crippen LogP contribution is -2.16. The molecule has 0 radical (unpaired) electrons. The Morgan fingerprint density at radius 2 is 2.14 bits per heavy atom. The smallest absolute Gasteiger partial charge is 0.138 e. The molecule has 0 unspecified atom stereocenters. The molecule has 5 heteroatoms. The van der Waals surface area contributed by atoms with Gasteiger partial charge in [0.1, 0.15) is 18.2 Å². The first-order chi connectivity index (χ1) is 10.2. The molecule has 21 heavy (non-hydrogen) atoms. The van der Waals surface area contributed by atoms with E-state index in [1.54, 1.807) is 12.3 Å². The van der Waals surface area contributed by atoms with E-state index in [2.05, 4.69) is 10.3 Å². The summed E-state index contributed by atoms with van der Waals surface area (Å²) in [5.74, 6) is 0.323. The van der Waals surface area contributed by atoms with Crippen molar-refractivity contribution < 1.29 is 9.13 Å². The highest BCUT2D eigenvalue weighted by atomic mass is 35.5. The Morgan fingerprint density at radius 3 is 2.81 bits per heavy atom. The molecule has 2 aromatic rings. The van der Waals surface area contributed by atoms with Crippen molar-refractivity contribution in [3.8, 4) is 5.75 Å². The fraction of sp³-hybridized carbons (Fsp3) is 0.312. The van der Waals surface area contributed by atoms with E-state index in [4.69, 9.17) is 16.3 Å². The van der Waals surface area contributed by atoms with Crippen LogP contribution in [0.3, 0.4) is 0 Å². The molecular weight excluding hydrogens is 291 g/mol. The van der Waals surface area contributed by atoms with Crippen LogP contribution in [0.15, 0.2) is 36.5 Å². The average molecular weight is 307 g/mol. The van der Waals surface area contributed by atoms with E-state index >= 15 is 0 Å². The number of halogens is 2. The van der Waals surface area contributed by atoms with Crippen LogP contribution < -0.4 is 10.1 Å². The minimum absolute atomic E-state index is 0.292. The molecule has 0 saturated heterocycles. The molecular formula is C16H16ClFN2O. The lowest BCUT2D eigenvalue weighted by atomic mass is 10.2. The maximum atomic E-state index is 12.9. The number of benzene rings is 1. The first-order valence-electron chi connectivity index (χ1n) is 6.96. The van der Waals surface area contributed by atoms with Gasteiger partial charge in [0.25, 0.3) is 0 Å². The van der Waals surface area contributed by atoms with Gasteiger partial charge in [-0.15, -0.1) is 0 Å². The van der Waals surface area contributed by atoms with Gasteiger partial charge < -0.3 is 10.1 Å². The van der Waals surface area contributed by atoms with E-state index in [0.29, 0.717) is 23.4 Å². The van der Waals surface area contributed by atoms with Gasteiger partial charge in [0.2, 0.25) is 0 Å². The molecule has 0 bridgehead atoms. The molecule has 1 heterocycles. The van der Waals surface area contributed by atoms with Crippen LogP contribution in [0.5, 0.6) is 5.75 Å². The van der Waals surface area contributed by atoms with E-state index in [1.807, 2.05) is 12.1 Å². The maximum Gasteiger partial charge on any atom is 0.138 e. The number of nitrogens with zero attached hydrogens (tertiary/aromatic N) is 1. The van der Waals surface area contributed by atoms with Gasteiger partial charge in [0.05, 0.1) is 16.9 Å². The molecule has 0 aliphatic heterocycles. The molecule has 1 N–H and O–H groups in total. The highest BCUT2D eigenvalue weighted by molar-refractivity contribution is 6.31. The average Bonchev–Trinajstić information content (AvgIpc) is 3.30. The van der Waals surface area contributed by atoms with Crippen LogP contribution in [0.2, 0.25) is 5.02 Å². The number of pyridine rings is 1. The zero-order valence-electron chi connectivity index (χ0n) is 11.5. The topological polar surface area (TPSA) is 34.1 Å². The van der Waals surface area contributed by atoms with Gasteiger partial charge in [0, 0.05) is 18.2 Å². The van der Waals surface area contributed by atoms with Crippen molar-refractivity contribution >= 4 is 11.6 Å². The SMILES string of the molecule is Fc1ccc(COc2ccc(CNC3CC3)nc2)c(Cl)c1. The molecule has 1 aliphatic carbocycles. The monoisotopic (exact) mass is 306 g/mol. The van der Waals surface area contributed by atoms with E-state index in [-0.39, 0.29) is 5.82 Å². The number of hydrogen-bond acceptors (Lipinski definition) is 3. The van der Waals surface area contributed by atoms with Crippen molar-refractivity contribution in [3.05, 3.63) is 58.6 Å². The second kappa shape index (κ2) is 6.41. The molecule has 1 saturated carbocycles. The fourth-order valence-corrected chi connectivity index (χ4v) is 2.16. The highest BCUT2D eigenvalue weighted by Gasteiger charge is 2.20. The molecule has 3 rings (SSSR count). The number of nitrogens with one attached hydrogen (secondary N) is 1. The molecule has 3 nitrogen and oxygen atoms in total. The zero-order valence-corrected chi connectivity index (χ0v) is 12.2. The van der Waals surface area contributed by atoms with Gasteiger partial charge >= 0.3 is 0 Å². The summed E-state index contributed by atoms with van der Waals surface area (Å²) in [5.41, 5.74) is 1.74. The lowest BCUT2D eigenvalue weighted by Gasteiger charge is -2.08. The van der Waals surface area contributed by atoms with E-state index < -0.39 is 0 Å². The van der Waals surface area contributed by atoms with Gasteiger partial charge in [-0.25, -0.2) is 4.39 Å². The van der Waals surface area contributed by atoms with Crippen molar-refractivity contribution in [2.75, 3.05) is 0 Å². The van der Waals surface area contributed by atoms with Gasteiger partial charge in [-0.05, 0) is 37.1 Å². The van der Waals surface area contributed by atoms with Gasteiger partial charge in [-0.3, -0.25) is 4.98 Å². The van der Waals surface area contributed by atoms with E-state index in [0.717, 1.165) is 17.8 Å². The van der Waals surface area contributed by atoms with Gasteiger partial charge in [-0.2, -0.15) is 0 Å². The van der Waals surface area contributed by atoms with Crippen molar-refractivity contribution in [1.82, 2.24) is 10.3 Å². The Bertz CT molecular complexity index is 614. The van der Waals surface area contributed by atoms with Crippen LogP contribution in [-0.2, 0) is 13.2 Å². The summed E-state index contributed by atoms with van der Waals surface area (Å²) >= 11 is 5.95. The van der Waals surface area contributed by atoms with Crippen LogP contribution in [0, 0.1) is 5.82 Å². The third kappa shape index (κ3) is 4.16.